The molecule has 0 aromatic heterocycles. The first-order valence-electron chi connectivity index (χ1n) is 9.37. The van der Waals surface area contributed by atoms with Crippen molar-refractivity contribution in [3.63, 3.8) is 0 Å². The molecule has 0 unspecified atom stereocenters. The number of aliphatic hydroxyl groups excluding tert-OH is 2. The topological polar surface area (TPSA) is 43.7 Å². The number of nitrogens with zero attached hydrogens (tertiary/aromatic N) is 1. The maximum atomic E-state index is 10.8. The molecule has 0 amide bonds. The van der Waals surface area contributed by atoms with Gasteiger partial charge in [0.1, 0.15) is 0 Å². The fourth-order valence-electron chi connectivity index (χ4n) is 3.79. The summed E-state index contributed by atoms with van der Waals surface area (Å²) in [6.45, 7) is 4.16. The molecule has 0 saturated carbocycles. The van der Waals surface area contributed by atoms with Crippen molar-refractivity contribution in [2.45, 2.75) is 51.4 Å². The zero-order valence-electron chi connectivity index (χ0n) is 15.1. The molecule has 2 N–H and O–H groups in total. The lowest BCUT2D eigenvalue weighted by Gasteiger charge is -2.30. The fourth-order valence-corrected chi connectivity index (χ4v) is 3.79. The number of fused-ring (bicyclic) bond motifs is 1. The van der Waals surface area contributed by atoms with Gasteiger partial charge < -0.3 is 10.2 Å². The standard InChI is InChI=1S/C22H29NO2/c1-17-22(25)21-11-10-19(16-24)15-20(21)12-14-23(17)13-6-5-9-18-7-3-2-4-8-18/h2-4,7-8,10-11,15,17,22,24-25H,5-6,9,12-14,16H2,1H3/t17-,22+/m0/s1. The van der Waals surface area contributed by atoms with Crippen LogP contribution in [0.4, 0.5) is 0 Å². The van der Waals surface area contributed by atoms with Crippen molar-refractivity contribution in [3.05, 3.63) is 70.8 Å². The average Bonchev–Trinajstić information content (AvgIpc) is 2.77. The van der Waals surface area contributed by atoms with E-state index in [2.05, 4.69) is 42.2 Å². The molecule has 0 fully saturated rings. The third-order valence-electron chi connectivity index (χ3n) is 5.41. The molecule has 3 heteroatoms. The molecule has 25 heavy (non-hydrogen) atoms. The lowest BCUT2D eigenvalue weighted by atomic mass is 9.96. The SMILES string of the molecule is C[C@H]1[C@@H](O)c2ccc(CO)cc2CCN1CCCCc1ccccc1. The molecule has 1 heterocycles. The van der Waals surface area contributed by atoms with E-state index in [0.717, 1.165) is 43.5 Å². The lowest BCUT2D eigenvalue weighted by molar-refractivity contribution is 0.0635. The molecule has 3 rings (SSSR count). The molecule has 0 saturated heterocycles. The van der Waals surface area contributed by atoms with Gasteiger partial charge in [-0.15, -0.1) is 0 Å². The van der Waals surface area contributed by atoms with Gasteiger partial charge in [0.05, 0.1) is 12.7 Å². The van der Waals surface area contributed by atoms with Gasteiger partial charge in [0.15, 0.2) is 0 Å². The highest BCUT2D eigenvalue weighted by molar-refractivity contribution is 5.35. The van der Waals surface area contributed by atoms with Gasteiger partial charge in [-0.3, -0.25) is 4.90 Å². The van der Waals surface area contributed by atoms with Crippen molar-refractivity contribution in [2.75, 3.05) is 13.1 Å². The number of unbranched alkanes of at least 4 members (excludes halogenated alkanes) is 1. The maximum Gasteiger partial charge on any atom is 0.0945 e. The summed E-state index contributed by atoms with van der Waals surface area (Å²) in [5.41, 5.74) is 4.53. The summed E-state index contributed by atoms with van der Waals surface area (Å²) in [6.07, 6.45) is 3.91. The minimum atomic E-state index is -0.459. The number of aryl methyl sites for hydroxylation is 1. The third-order valence-corrected chi connectivity index (χ3v) is 5.41. The first-order chi connectivity index (χ1) is 12.2. The van der Waals surface area contributed by atoms with Gasteiger partial charge in [0.2, 0.25) is 0 Å². The number of rotatable bonds is 6. The Kier molecular flexibility index (Phi) is 6.24. The molecule has 2 aromatic carbocycles. The predicted octanol–water partition coefficient (Wildman–Crippen LogP) is 3.48. The van der Waals surface area contributed by atoms with E-state index in [-0.39, 0.29) is 12.6 Å². The van der Waals surface area contributed by atoms with Crippen LogP contribution in [0.1, 0.15) is 48.1 Å². The highest BCUT2D eigenvalue weighted by Crippen LogP contribution is 2.29. The van der Waals surface area contributed by atoms with E-state index in [1.807, 2.05) is 18.2 Å². The van der Waals surface area contributed by atoms with Crippen molar-refractivity contribution in [3.8, 4) is 0 Å². The van der Waals surface area contributed by atoms with Crippen LogP contribution in [0.15, 0.2) is 48.5 Å². The van der Waals surface area contributed by atoms with Crippen LogP contribution in [0.3, 0.4) is 0 Å². The number of benzene rings is 2. The Bertz CT molecular complexity index is 671. The molecular weight excluding hydrogens is 310 g/mol. The van der Waals surface area contributed by atoms with E-state index in [9.17, 15) is 10.2 Å². The van der Waals surface area contributed by atoms with Crippen LogP contribution in [0.5, 0.6) is 0 Å². The van der Waals surface area contributed by atoms with Gasteiger partial charge in [-0.05, 0) is 61.4 Å². The normalized spacial score (nSPS) is 20.9. The molecule has 1 aliphatic rings. The van der Waals surface area contributed by atoms with Gasteiger partial charge in [-0.2, -0.15) is 0 Å². The predicted molar refractivity (Wildman–Crippen MR) is 101 cm³/mol. The molecule has 3 nitrogen and oxygen atoms in total. The summed E-state index contributed by atoms with van der Waals surface area (Å²) in [4.78, 5) is 2.41. The van der Waals surface area contributed by atoms with Crippen molar-refractivity contribution in [1.29, 1.82) is 0 Å². The molecular formula is C22H29NO2. The van der Waals surface area contributed by atoms with E-state index in [4.69, 9.17) is 0 Å². The van der Waals surface area contributed by atoms with E-state index in [1.54, 1.807) is 0 Å². The van der Waals surface area contributed by atoms with Gasteiger partial charge in [-0.1, -0.05) is 48.5 Å². The van der Waals surface area contributed by atoms with Crippen LogP contribution in [0.2, 0.25) is 0 Å². The van der Waals surface area contributed by atoms with Crippen LogP contribution in [-0.2, 0) is 19.4 Å². The van der Waals surface area contributed by atoms with E-state index in [0.29, 0.717) is 0 Å². The molecule has 1 aliphatic heterocycles. The van der Waals surface area contributed by atoms with Crippen molar-refractivity contribution in [2.24, 2.45) is 0 Å². The first-order valence-corrected chi connectivity index (χ1v) is 9.37. The van der Waals surface area contributed by atoms with Crippen LogP contribution in [-0.4, -0.2) is 34.2 Å². The molecule has 2 aromatic rings. The average molecular weight is 339 g/mol. The monoisotopic (exact) mass is 339 g/mol. The Morgan fingerprint density at radius 1 is 1.04 bits per heavy atom. The molecule has 0 bridgehead atoms. The summed E-state index contributed by atoms with van der Waals surface area (Å²) in [6, 6.07) is 16.7. The quantitative estimate of drug-likeness (QED) is 0.792. The maximum absolute atomic E-state index is 10.8. The zero-order chi connectivity index (χ0) is 17.6. The van der Waals surface area contributed by atoms with Crippen molar-refractivity contribution < 1.29 is 10.2 Å². The Morgan fingerprint density at radius 2 is 1.84 bits per heavy atom. The van der Waals surface area contributed by atoms with E-state index >= 15 is 0 Å². The van der Waals surface area contributed by atoms with E-state index < -0.39 is 6.10 Å². The Morgan fingerprint density at radius 3 is 2.60 bits per heavy atom. The van der Waals surface area contributed by atoms with Crippen molar-refractivity contribution in [1.82, 2.24) is 4.90 Å². The molecule has 2 atom stereocenters. The second-order valence-electron chi connectivity index (χ2n) is 7.11. The second-order valence-corrected chi connectivity index (χ2v) is 7.11. The van der Waals surface area contributed by atoms with Crippen LogP contribution < -0.4 is 0 Å². The first kappa shape index (κ1) is 18.1. The second kappa shape index (κ2) is 8.61. The van der Waals surface area contributed by atoms with Gasteiger partial charge in [0, 0.05) is 12.6 Å². The number of hydrogen-bond donors (Lipinski definition) is 2. The highest BCUT2D eigenvalue weighted by Gasteiger charge is 2.28. The third kappa shape index (κ3) is 4.49. The molecule has 0 radical (unpaired) electrons. The largest absolute Gasteiger partial charge is 0.392 e. The Balaban J connectivity index is 1.57. The smallest absolute Gasteiger partial charge is 0.0945 e. The molecule has 0 spiro atoms. The summed E-state index contributed by atoms with van der Waals surface area (Å²) in [5.74, 6) is 0. The molecule has 134 valence electrons. The highest BCUT2D eigenvalue weighted by atomic mass is 16.3. The number of aliphatic hydroxyl groups is 2. The summed E-state index contributed by atoms with van der Waals surface area (Å²) >= 11 is 0. The zero-order valence-corrected chi connectivity index (χ0v) is 15.1. The van der Waals surface area contributed by atoms with Crippen LogP contribution in [0.25, 0.3) is 0 Å². The fraction of sp³-hybridized carbons (Fsp3) is 0.455. The van der Waals surface area contributed by atoms with Crippen LogP contribution >= 0.6 is 0 Å². The Hall–Kier alpha value is -1.68. The molecule has 0 aliphatic carbocycles. The lowest BCUT2D eigenvalue weighted by Crippen LogP contribution is -2.37. The minimum Gasteiger partial charge on any atom is -0.392 e. The van der Waals surface area contributed by atoms with Gasteiger partial charge in [-0.25, -0.2) is 0 Å². The minimum absolute atomic E-state index is 0.0577. The van der Waals surface area contributed by atoms with Crippen molar-refractivity contribution >= 4 is 0 Å². The number of hydrogen-bond acceptors (Lipinski definition) is 3. The van der Waals surface area contributed by atoms with Crippen LogP contribution in [0, 0.1) is 0 Å². The summed E-state index contributed by atoms with van der Waals surface area (Å²) in [7, 11) is 0. The Labute approximate surface area is 150 Å². The van der Waals surface area contributed by atoms with E-state index in [1.165, 1.54) is 17.5 Å². The van der Waals surface area contributed by atoms with Gasteiger partial charge in [0.25, 0.3) is 0 Å². The summed E-state index contributed by atoms with van der Waals surface area (Å²) < 4.78 is 0. The van der Waals surface area contributed by atoms with Gasteiger partial charge >= 0.3 is 0 Å². The summed E-state index contributed by atoms with van der Waals surface area (Å²) in [5, 5.41) is 20.1.